The monoisotopic (exact) mass is 282 g/mol. The van der Waals surface area contributed by atoms with Crippen molar-refractivity contribution < 1.29 is 9.53 Å². The number of para-hydroxylation sites is 1. The first-order valence-electron chi connectivity index (χ1n) is 6.60. The van der Waals surface area contributed by atoms with Crippen LogP contribution in [0, 0.1) is 0 Å². The summed E-state index contributed by atoms with van der Waals surface area (Å²) < 4.78 is 5.09. The maximum Gasteiger partial charge on any atom is 0.325 e. The molecule has 1 N–H and O–H groups in total. The van der Waals surface area contributed by atoms with E-state index in [0.29, 0.717) is 0 Å². The average molecular weight is 282 g/mol. The molecule has 0 saturated carbocycles. The second kappa shape index (κ2) is 7.14. The second-order valence-corrected chi connectivity index (χ2v) is 4.45. The standard InChI is InChI=1S/C17H18N2O2/c1-19(15-6-4-3-5-7-15)17(20)18-13-12-14-8-10-16(21-2)11-9-14/h3-13H,1-2H3,(H,18,20)/b13-12+. The van der Waals surface area contributed by atoms with E-state index in [0.717, 1.165) is 17.0 Å². The van der Waals surface area contributed by atoms with Gasteiger partial charge in [0.15, 0.2) is 0 Å². The number of benzene rings is 2. The van der Waals surface area contributed by atoms with E-state index in [1.165, 1.54) is 0 Å². The Balaban J connectivity index is 1.92. The van der Waals surface area contributed by atoms with Crippen molar-refractivity contribution in [3.63, 3.8) is 0 Å². The van der Waals surface area contributed by atoms with E-state index >= 15 is 0 Å². The fourth-order valence-corrected chi connectivity index (χ4v) is 1.79. The first-order chi connectivity index (χ1) is 10.2. The van der Waals surface area contributed by atoms with Gasteiger partial charge in [0, 0.05) is 18.9 Å². The average Bonchev–Trinajstić information content (AvgIpc) is 2.55. The molecule has 4 heteroatoms. The number of carbonyl (C=O) groups is 1. The molecule has 0 aliphatic rings. The van der Waals surface area contributed by atoms with Gasteiger partial charge in [0.2, 0.25) is 0 Å². The van der Waals surface area contributed by atoms with E-state index in [1.54, 1.807) is 25.3 Å². The van der Waals surface area contributed by atoms with Crippen LogP contribution in [0.4, 0.5) is 10.5 Å². The van der Waals surface area contributed by atoms with Crippen LogP contribution in [0.2, 0.25) is 0 Å². The molecule has 0 radical (unpaired) electrons. The van der Waals surface area contributed by atoms with Gasteiger partial charge in [-0.1, -0.05) is 30.3 Å². The summed E-state index contributed by atoms with van der Waals surface area (Å²) in [6.07, 6.45) is 3.46. The van der Waals surface area contributed by atoms with E-state index in [1.807, 2.05) is 60.7 Å². The van der Waals surface area contributed by atoms with Gasteiger partial charge in [-0.05, 0) is 35.9 Å². The highest BCUT2D eigenvalue weighted by molar-refractivity contribution is 5.92. The first kappa shape index (κ1) is 14.7. The molecule has 0 saturated heterocycles. The quantitative estimate of drug-likeness (QED) is 0.932. The third kappa shape index (κ3) is 4.11. The van der Waals surface area contributed by atoms with E-state index < -0.39 is 0 Å². The van der Waals surface area contributed by atoms with Gasteiger partial charge in [-0.15, -0.1) is 0 Å². The smallest absolute Gasteiger partial charge is 0.325 e. The van der Waals surface area contributed by atoms with Gasteiger partial charge in [0.25, 0.3) is 0 Å². The van der Waals surface area contributed by atoms with E-state index in [-0.39, 0.29) is 6.03 Å². The third-order valence-corrected chi connectivity index (χ3v) is 3.05. The lowest BCUT2D eigenvalue weighted by Gasteiger charge is -2.16. The van der Waals surface area contributed by atoms with E-state index in [9.17, 15) is 4.79 Å². The van der Waals surface area contributed by atoms with Crippen LogP contribution in [0.3, 0.4) is 0 Å². The second-order valence-electron chi connectivity index (χ2n) is 4.45. The van der Waals surface area contributed by atoms with Gasteiger partial charge < -0.3 is 10.1 Å². The molecule has 0 atom stereocenters. The van der Waals surface area contributed by atoms with Crippen molar-refractivity contribution >= 4 is 17.8 Å². The summed E-state index contributed by atoms with van der Waals surface area (Å²) in [7, 11) is 3.36. The Bertz CT molecular complexity index is 606. The molecule has 0 aliphatic heterocycles. The minimum Gasteiger partial charge on any atom is -0.497 e. The van der Waals surface area contributed by atoms with Crippen molar-refractivity contribution in [1.82, 2.24) is 5.32 Å². The SMILES string of the molecule is COc1ccc(/C=C/NC(=O)N(C)c2ccccc2)cc1. The molecule has 2 amide bonds. The zero-order chi connectivity index (χ0) is 15.1. The number of rotatable bonds is 4. The van der Waals surface area contributed by atoms with E-state index in [4.69, 9.17) is 4.74 Å². The number of amides is 2. The van der Waals surface area contributed by atoms with Gasteiger partial charge >= 0.3 is 6.03 Å². The van der Waals surface area contributed by atoms with Gasteiger partial charge in [-0.25, -0.2) is 4.79 Å². The number of hydrogen-bond acceptors (Lipinski definition) is 2. The van der Waals surface area contributed by atoms with Crippen molar-refractivity contribution in [2.24, 2.45) is 0 Å². The number of urea groups is 1. The summed E-state index contributed by atoms with van der Waals surface area (Å²) in [5, 5.41) is 2.73. The summed E-state index contributed by atoms with van der Waals surface area (Å²) in [5.41, 5.74) is 1.83. The molecule has 0 heterocycles. The number of nitrogens with one attached hydrogen (secondary N) is 1. The molecular formula is C17H18N2O2. The van der Waals surface area contributed by atoms with Crippen molar-refractivity contribution in [3.05, 3.63) is 66.4 Å². The predicted molar refractivity (Wildman–Crippen MR) is 85.4 cm³/mol. The molecule has 2 aromatic rings. The Hall–Kier alpha value is -2.75. The fraction of sp³-hybridized carbons (Fsp3) is 0.118. The molecule has 21 heavy (non-hydrogen) atoms. The first-order valence-corrected chi connectivity index (χ1v) is 6.60. The number of anilines is 1. The zero-order valence-corrected chi connectivity index (χ0v) is 12.1. The van der Waals surface area contributed by atoms with Crippen LogP contribution >= 0.6 is 0 Å². The van der Waals surface area contributed by atoms with Gasteiger partial charge in [0.1, 0.15) is 5.75 Å². The number of ether oxygens (including phenoxy) is 1. The summed E-state index contributed by atoms with van der Waals surface area (Å²) in [5.74, 6) is 0.806. The Morgan fingerprint density at radius 1 is 1.10 bits per heavy atom. The van der Waals surface area contributed by atoms with Gasteiger partial charge in [0.05, 0.1) is 7.11 Å². The fourth-order valence-electron chi connectivity index (χ4n) is 1.79. The Labute approximate surface area is 124 Å². The molecule has 2 rings (SSSR count). The topological polar surface area (TPSA) is 41.6 Å². The van der Waals surface area contributed by atoms with Crippen molar-refractivity contribution in [3.8, 4) is 5.75 Å². The van der Waals surface area contributed by atoms with Gasteiger partial charge in [-0.2, -0.15) is 0 Å². The van der Waals surface area contributed by atoms with Crippen LogP contribution in [-0.4, -0.2) is 20.2 Å². The molecule has 0 bridgehead atoms. The molecule has 0 aromatic heterocycles. The maximum absolute atomic E-state index is 12.0. The summed E-state index contributed by atoms with van der Waals surface area (Å²) in [4.78, 5) is 13.5. The van der Waals surface area contributed by atoms with Crippen LogP contribution in [0.25, 0.3) is 6.08 Å². The third-order valence-electron chi connectivity index (χ3n) is 3.05. The van der Waals surface area contributed by atoms with Crippen LogP contribution in [0.1, 0.15) is 5.56 Å². The number of nitrogens with zero attached hydrogens (tertiary/aromatic N) is 1. The normalized spacial score (nSPS) is 10.4. The summed E-state index contributed by atoms with van der Waals surface area (Å²) >= 11 is 0. The zero-order valence-electron chi connectivity index (χ0n) is 12.1. The lowest BCUT2D eigenvalue weighted by atomic mass is 10.2. The van der Waals surface area contributed by atoms with Crippen LogP contribution < -0.4 is 15.0 Å². The van der Waals surface area contributed by atoms with Crippen molar-refractivity contribution in [1.29, 1.82) is 0 Å². The Morgan fingerprint density at radius 2 is 1.76 bits per heavy atom. The van der Waals surface area contributed by atoms with Crippen LogP contribution in [0.5, 0.6) is 5.75 Å². The molecule has 108 valence electrons. The highest BCUT2D eigenvalue weighted by atomic mass is 16.5. The minimum atomic E-state index is -0.189. The van der Waals surface area contributed by atoms with Crippen LogP contribution in [0.15, 0.2) is 60.8 Å². The predicted octanol–water partition coefficient (Wildman–Crippen LogP) is 3.51. The number of hydrogen-bond donors (Lipinski definition) is 1. The molecule has 0 unspecified atom stereocenters. The minimum absolute atomic E-state index is 0.189. The highest BCUT2D eigenvalue weighted by Gasteiger charge is 2.07. The molecule has 2 aromatic carbocycles. The number of methoxy groups -OCH3 is 1. The largest absolute Gasteiger partial charge is 0.497 e. The molecule has 0 aliphatic carbocycles. The van der Waals surface area contributed by atoms with Crippen LogP contribution in [-0.2, 0) is 0 Å². The molecule has 4 nitrogen and oxygen atoms in total. The van der Waals surface area contributed by atoms with Gasteiger partial charge in [-0.3, -0.25) is 4.90 Å². The van der Waals surface area contributed by atoms with Crippen molar-refractivity contribution in [2.45, 2.75) is 0 Å². The maximum atomic E-state index is 12.0. The Morgan fingerprint density at radius 3 is 2.38 bits per heavy atom. The van der Waals surface area contributed by atoms with E-state index in [2.05, 4.69) is 5.32 Å². The molecule has 0 spiro atoms. The summed E-state index contributed by atoms with van der Waals surface area (Å²) in [6.45, 7) is 0. The lowest BCUT2D eigenvalue weighted by Crippen LogP contribution is -2.34. The molecular weight excluding hydrogens is 264 g/mol. The lowest BCUT2D eigenvalue weighted by molar-refractivity contribution is 0.250. The molecule has 0 fully saturated rings. The highest BCUT2D eigenvalue weighted by Crippen LogP contribution is 2.12. The number of carbonyl (C=O) groups excluding carboxylic acids is 1. The van der Waals surface area contributed by atoms with Crippen molar-refractivity contribution in [2.75, 3.05) is 19.1 Å². The summed E-state index contributed by atoms with van der Waals surface area (Å²) in [6, 6.07) is 16.9. The Kier molecular flexibility index (Phi) is 4.99.